The van der Waals surface area contributed by atoms with E-state index in [2.05, 4.69) is 10.6 Å². The fraction of sp³-hybridized carbons (Fsp3) is 0.409. The summed E-state index contributed by atoms with van der Waals surface area (Å²) < 4.78 is 0. The van der Waals surface area contributed by atoms with E-state index in [0.717, 1.165) is 23.2 Å². The lowest BCUT2D eigenvalue weighted by Crippen LogP contribution is -2.47. The molecule has 0 saturated heterocycles. The number of carbonyl (C=O) groups excluding carboxylic acids is 2. The lowest BCUT2D eigenvalue weighted by Gasteiger charge is -2.30. The topological polar surface area (TPSA) is 152 Å². The first kappa shape index (κ1) is 25.9. The lowest BCUT2D eigenvalue weighted by atomic mass is 10.1. The van der Waals surface area contributed by atoms with Gasteiger partial charge in [-0.15, -0.1) is 0 Å². The first-order chi connectivity index (χ1) is 14.7. The van der Waals surface area contributed by atoms with Crippen LogP contribution in [0.25, 0.3) is 0 Å². The first-order valence-electron chi connectivity index (χ1n) is 10.0. The van der Waals surface area contributed by atoms with Crippen LogP contribution in [-0.4, -0.2) is 58.9 Å². The highest BCUT2D eigenvalue weighted by Crippen LogP contribution is 2.16. The van der Waals surface area contributed by atoms with Crippen molar-refractivity contribution < 1.29 is 19.8 Å². The van der Waals surface area contributed by atoms with Gasteiger partial charge in [0.15, 0.2) is 6.10 Å². The summed E-state index contributed by atoms with van der Waals surface area (Å²) in [6.07, 6.45) is 3.72. The Balaban J connectivity index is 0.000000311. The molecule has 1 unspecified atom stereocenters. The molecule has 1 aromatic rings. The van der Waals surface area contributed by atoms with Crippen molar-refractivity contribution in [2.45, 2.75) is 45.4 Å². The smallest absolute Gasteiger partial charge is 0.254 e. The highest BCUT2D eigenvalue weighted by atomic mass is 16.3. The number of hydrogen-bond donors (Lipinski definition) is 6. The molecule has 1 heterocycles. The third-order valence-corrected chi connectivity index (χ3v) is 4.77. The van der Waals surface area contributed by atoms with Crippen molar-refractivity contribution in [1.29, 1.82) is 5.41 Å². The van der Waals surface area contributed by atoms with Gasteiger partial charge < -0.3 is 36.9 Å². The molecule has 2 amide bonds. The van der Waals surface area contributed by atoms with Crippen molar-refractivity contribution in [2.75, 3.05) is 18.4 Å². The molecule has 0 aliphatic carbocycles. The monoisotopic (exact) mass is 431 g/mol. The molecule has 9 nitrogen and oxygen atoms in total. The van der Waals surface area contributed by atoms with Gasteiger partial charge in [0.05, 0.1) is 18.7 Å². The zero-order chi connectivity index (χ0) is 23.4. The minimum absolute atomic E-state index is 0.0540. The average molecular weight is 432 g/mol. The van der Waals surface area contributed by atoms with Gasteiger partial charge >= 0.3 is 0 Å². The van der Waals surface area contributed by atoms with Gasteiger partial charge in [0.2, 0.25) is 6.41 Å². The molecule has 0 fully saturated rings. The van der Waals surface area contributed by atoms with Crippen molar-refractivity contribution in [3.8, 4) is 0 Å². The fourth-order valence-corrected chi connectivity index (χ4v) is 2.79. The number of aliphatic hydroxyl groups is 2. The van der Waals surface area contributed by atoms with Crippen LogP contribution in [0.2, 0.25) is 0 Å². The number of nitrogens with two attached hydrogens (primary N) is 1. The second kappa shape index (κ2) is 13.2. The Bertz CT molecular complexity index is 790. The van der Waals surface area contributed by atoms with E-state index >= 15 is 0 Å². The van der Waals surface area contributed by atoms with Crippen LogP contribution in [0.15, 0.2) is 47.8 Å². The number of hydrogen-bond acceptors (Lipinski definition) is 7. The standard InChI is InChI=1S/C12H16N2O.C10H17N3O3/c1-3-8-13-12-6-4-11(5-7-12)10(2)14-9-15;1-6(14)9(15)10(16)13-3-2-7(4-11)8(12)5-13/h3-10,13H,1-2H3,(H,14,15);4,6,9,11,14-15H,2-3,5,12H2,1H3/b8-3-;/t10-;6?,9-/m11/s1. The number of carbonyl (C=O) groups is 2. The zero-order valence-electron chi connectivity index (χ0n) is 18.2. The highest BCUT2D eigenvalue weighted by molar-refractivity contribution is 5.83. The van der Waals surface area contributed by atoms with E-state index in [0.29, 0.717) is 18.7 Å². The van der Waals surface area contributed by atoms with Gasteiger partial charge in [-0.3, -0.25) is 9.59 Å². The summed E-state index contributed by atoms with van der Waals surface area (Å²) in [4.78, 5) is 23.3. The second-order valence-corrected chi connectivity index (χ2v) is 7.16. The minimum atomic E-state index is -1.41. The summed E-state index contributed by atoms with van der Waals surface area (Å²) in [7, 11) is 0. The number of nitrogens with zero attached hydrogens (tertiary/aromatic N) is 1. The molecule has 3 atom stereocenters. The van der Waals surface area contributed by atoms with Gasteiger partial charge in [-0.25, -0.2) is 0 Å². The van der Waals surface area contributed by atoms with Gasteiger partial charge in [0.1, 0.15) is 0 Å². The van der Waals surface area contributed by atoms with Crippen molar-refractivity contribution in [3.63, 3.8) is 0 Å². The van der Waals surface area contributed by atoms with Crippen LogP contribution < -0.4 is 16.4 Å². The molecular formula is C22H33N5O4. The van der Waals surface area contributed by atoms with Crippen LogP contribution in [0, 0.1) is 5.41 Å². The molecule has 1 aliphatic heterocycles. The van der Waals surface area contributed by atoms with Gasteiger partial charge in [-0.05, 0) is 56.7 Å². The Morgan fingerprint density at radius 2 is 1.90 bits per heavy atom. The van der Waals surface area contributed by atoms with E-state index in [1.54, 1.807) is 0 Å². The molecule has 0 saturated carbocycles. The molecule has 31 heavy (non-hydrogen) atoms. The van der Waals surface area contributed by atoms with E-state index in [4.69, 9.17) is 16.2 Å². The molecule has 0 aromatic heterocycles. The summed E-state index contributed by atoms with van der Waals surface area (Å²) in [6.45, 7) is 5.87. The molecule has 9 heteroatoms. The average Bonchev–Trinajstić information content (AvgIpc) is 2.77. The molecule has 7 N–H and O–H groups in total. The van der Waals surface area contributed by atoms with E-state index in [1.165, 1.54) is 18.0 Å². The predicted molar refractivity (Wildman–Crippen MR) is 121 cm³/mol. The largest absolute Gasteiger partial charge is 0.400 e. The van der Waals surface area contributed by atoms with Crippen LogP contribution in [0.1, 0.15) is 38.8 Å². The van der Waals surface area contributed by atoms with Gasteiger partial charge in [-0.1, -0.05) is 18.2 Å². The van der Waals surface area contributed by atoms with Gasteiger partial charge in [0, 0.05) is 24.1 Å². The van der Waals surface area contributed by atoms with Crippen LogP contribution in [-0.2, 0) is 9.59 Å². The molecule has 2 rings (SSSR count). The summed E-state index contributed by atoms with van der Waals surface area (Å²) >= 11 is 0. The Morgan fingerprint density at radius 1 is 1.26 bits per heavy atom. The number of aliphatic hydroxyl groups excluding tert-OH is 2. The fourth-order valence-electron chi connectivity index (χ4n) is 2.79. The lowest BCUT2D eigenvalue weighted by molar-refractivity contribution is -0.145. The number of nitrogens with one attached hydrogen (secondary N) is 3. The zero-order valence-corrected chi connectivity index (χ0v) is 18.2. The summed E-state index contributed by atoms with van der Waals surface area (Å²) in [5.74, 6) is -0.526. The molecule has 0 radical (unpaired) electrons. The Morgan fingerprint density at radius 3 is 2.39 bits per heavy atom. The molecular weight excluding hydrogens is 398 g/mol. The number of allylic oxidation sites excluding steroid dienone is 1. The predicted octanol–water partition coefficient (Wildman–Crippen LogP) is 1.26. The van der Waals surface area contributed by atoms with E-state index in [9.17, 15) is 14.7 Å². The minimum Gasteiger partial charge on any atom is -0.400 e. The van der Waals surface area contributed by atoms with Crippen molar-refractivity contribution in [2.24, 2.45) is 5.73 Å². The third kappa shape index (κ3) is 8.23. The van der Waals surface area contributed by atoms with E-state index in [-0.39, 0.29) is 12.6 Å². The van der Waals surface area contributed by atoms with Crippen molar-refractivity contribution in [3.05, 3.63) is 53.4 Å². The second-order valence-electron chi connectivity index (χ2n) is 7.16. The highest BCUT2D eigenvalue weighted by Gasteiger charge is 2.28. The Labute approximate surface area is 183 Å². The molecule has 170 valence electrons. The van der Waals surface area contributed by atoms with Crippen LogP contribution in [0.3, 0.4) is 0 Å². The maximum Gasteiger partial charge on any atom is 0.254 e. The maximum atomic E-state index is 11.7. The summed E-state index contributed by atoms with van der Waals surface area (Å²) in [5.41, 5.74) is 9.00. The Kier molecular flexibility index (Phi) is 11.0. The van der Waals surface area contributed by atoms with Gasteiger partial charge in [0.25, 0.3) is 5.91 Å². The first-order valence-corrected chi connectivity index (χ1v) is 10.0. The number of benzene rings is 1. The quantitative estimate of drug-likeness (QED) is 0.269. The number of anilines is 1. The Hall–Kier alpha value is -3.17. The SMILES string of the molecule is C/C=C\Nc1ccc([C@@H](C)NC=O)cc1.CC(O)[C@@H](O)C(=O)N1CCC(C=N)=C(N)C1. The van der Waals surface area contributed by atoms with Crippen LogP contribution in [0.4, 0.5) is 5.69 Å². The van der Waals surface area contributed by atoms with Crippen molar-refractivity contribution in [1.82, 2.24) is 10.2 Å². The van der Waals surface area contributed by atoms with Crippen LogP contribution >= 0.6 is 0 Å². The van der Waals surface area contributed by atoms with Crippen LogP contribution in [0.5, 0.6) is 0 Å². The normalized spacial score (nSPS) is 16.6. The maximum absolute atomic E-state index is 11.7. The van der Waals surface area contributed by atoms with E-state index < -0.39 is 18.1 Å². The summed E-state index contributed by atoms with van der Waals surface area (Å²) in [5, 5.41) is 31.5. The molecule has 1 aliphatic rings. The molecule has 0 bridgehead atoms. The van der Waals surface area contributed by atoms with Gasteiger partial charge in [-0.2, -0.15) is 0 Å². The number of amides is 2. The van der Waals surface area contributed by atoms with E-state index in [1.807, 2.05) is 50.4 Å². The molecule has 0 spiro atoms. The summed E-state index contributed by atoms with van der Waals surface area (Å²) in [6, 6.07) is 8.01. The number of rotatable bonds is 8. The molecule has 1 aromatic carbocycles. The third-order valence-electron chi connectivity index (χ3n) is 4.77. The van der Waals surface area contributed by atoms with Crippen molar-refractivity contribution >= 4 is 24.2 Å².